The molecule has 1 saturated carbocycles. The number of nitrogens with zero attached hydrogens (tertiary/aromatic N) is 1. The highest BCUT2D eigenvalue weighted by Gasteiger charge is 2.48. The zero-order chi connectivity index (χ0) is 15.8. The number of carbonyl (C=O) groups excluding carboxylic acids is 1. The van der Waals surface area contributed by atoms with E-state index in [1.807, 2.05) is 0 Å². The molecule has 0 unspecified atom stereocenters. The minimum atomic E-state index is -4.73. The quantitative estimate of drug-likeness (QED) is 0.895. The van der Waals surface area contributed by atoms with Gasteiger partial charge in [-0.2, -0.15) is 18.4 Å². The van der Waals surface area contributed by atoms with E-state index in [-0.39, 0.29) is 12.0 Å². The van der Waals surface area contributed by atoms with Crippen molar-refractivity contribution in [2.45, 2.75) is 12.6 Å². The summed E-state index contributed by atoms with van der Waals surface area (Å²) < 4.78 is 38.6. The van der Waals surface area contributed by atoms with Crippen LogP contribution < -0.4 is 5.32 Å². The lowest BCUT2D eigenvalue weighted by Crippen LogP contribution is -2.20. The van der Waals surface area contributed by atoms with Gasteiger partial charge in [0.2, 0.25) is 5.91 Å². The number of hydrogen-bond acceptors (Lipinski definition) is 3. The second-order valence-corrected chi connectivity index (χ2v) is 4.65. The van der Waals surface area contributed by atoms with Crippen LogP contribution in [0.2, 0.25) is 0 Å². The van der Waals surface area contributed by atoms with Crippen LogP contribution in [0.3, 0.4) is 0 Å². The molecule has 1 aliphatic rings. The Balaban J connectivity index is 2.23. The summed E-state index contributed by atoms with van der Waals surface area (Å²) in [6.07, 6.45) is -4.62. The van der Waals surface area contributed by atoms with E-state index in [9.17, 15) is 22.8 Å². The molecule has 110 valence electrons. The Bertz CT molecular complexity index is 649. The standard InChI is InChI=1S/C13H9F3N2O3/c14-13(15,16)9-3-6(5-17)1-2-10(9)18-11(19)7-4-8(7)12(20)21/h1-3,7-8H,4H2,(H,18,19)(H,20,21)/t7-,8+/m1/s1. The second kappa shape index (κ2) is 5.09. The molecule has 2 N–H and O–H groups in total. The van der Waals surface area contributed by atoms with Crippen LogP contribution in [-0.4, -0.2) is 17.0 Å². The second-order valence-electron chi connectivity index (χ2n) is 4.65. The zero-order valence-corrected chi connectivity index (χ0v) is 10.4. The van der Waals surface area contributed by atoms with Crippen molar-refractivity contribution < 1.29 is 27.9 Å². The van der Waals surface area contributed by atoms with Gasteiger partial charge in [0.25, 0.3) is 0 Å². The van der Waals surface area contributed by atoms with Gasteiger partial charge >= 0.3 is 12.1 Å². The number of alkyl halides is 3. The summed E-state index contributed by atoms with van der Waals surface area (Å²) in [5.74, 6) is -3.58. The Morgan fingerprint density at radius 1 is 1.33 bits per heavy atom. The first-order valence-corrected chi connectivity index (χ1v) is 5.89. The fourth-order valence-corrected chi connectivity index (χ4v) is 1.94. The predicted octanol–water partition coefficient (Wildman–Crippen LogP) is 2.24. The van der Waals surface area contributed by atoms with Gasteiger partial charge in [0.1, 0.15) is 0 Å². The maximum atomic E-state index is 12.9. The van der Waals surface area contributed by atoms with Crippen molar-refractivity contribution in [3.8, 4) is 6.07 Å². The van der Waals surface area contributed by atoms with Crippen molar-refractivity contribution >= 4 is 17.6 Å². The summed E-state index contributed by atoms with van der Waals surface area (Å²) in [5.41, 5.74) is -1.81. The summed E-state index contributed by atoms with van der Waals surface area (Å²) in [6.45, 7) is 0. The first-order chi connectivity index (χ1) is 9.74. The van der Waals surface area contributed by atoms with Crippen LogP contribution >= 0.6 is 0 Å². The molecule has 1 aromatic rings. The van der Waals surface area contributed by atoms with E-state index in [1.54, 1.807) is 6.07 Å². The molecule has 1 fully saturated rings. The normalized spacial score (nSPS) is 20.5. The summed E-state index contributed by atoms with van der Waals surface area (Å²) in [4.78, 5) is 22.4. The number of halogens is 3. The highest BCUT2D eigenvalue weighted by Crippen LogP contribution is 2.41. The molecule has 2 rings (SSSR count). The van der Waals surface area contributed by atoms with Crippen LogP contribution in [0.15, 0.2) is 18.2 Å². The van der Waals surface area contributed by atoms with Gasteiger partial charge in [-0.15, -0.1) is 0 Å². The molecular weight excluding hydrogens is 289 g/mol. The van der Waals surface area contributed by atoms with E-state index in [4.69, 9.17) is 10.4 Å². The molecule has 1 aliphatic carbocycles. The van der Waals surface area contributed by atoms with Crippen molar-refractivity contribution in [1.82, 2.24) is 0 Å². The van der Waals surface area contributed by atoms with Crippen LogP contribution in [0.4, 0.5) is 18.9 Å². The van der Waals surface area contributed by atoms with Gasteiger partial charge in [-0.05, 0) is 24.6 Å². The first-order valence-electron chi connectivity index (χ1n) is 5.89. The summed E-state index contributed by atoms with van der Waals surface area (Å²) in [6, 6.07) is 4.35. The van der Waals surface area contributed by atoms with Crippen molar-refractivity contribution in [3.63, 3.8) is 0 Å². The average molecular weight is 298 g/mol. The van der Waals surface area contributed by atoms with Gasteiger partial charge in [0.15, 0.2) is 0 Å². The molecule has 0 aromatic heterocycles. The minimum absolute atomic E-state index is 0.110. The number of aliphatic carboxylic acids is 1. The molecule has 5 nitrogen and oxygen atoms in total. The molecule has 0 bridgehead atoms. The van der Waals surface area contributed by atoms with Crippen LogP contribution in [-0.2, 0) is 15.8 Å². The van der Waals surface area contributed by atoms with Crippen molar-refractivity contribution in [2.75, 3.05) is 5.32 Å². The molecule has 0 saturated heterocycles. The maximum absolute atomic E-state index is 12.9. The summed E-state index contributed by atoms with van der Waals surface area (Å²) in [5, 5.41) is 19.4. The number of benzene rings is 1. The molecule has 0 radical (unpaired) electrons. The van der Waals surface area contributed by atoms with E-state index in [2.05, 4.69) is 5.32 Å². The van der Waals surface area contributed by atoms with E-state index in [1.165, 1.54) is 0 Å². The molecule has 0 heterocycles. The Morgan fingerprint density at radius 3 is 2.48 bits per heavy atom. The van der Waals surface area contributed by atoms with E-state index >= 15 is 0 Å². The number of carbonyl (C=O) groups is 2. The number of carboxylic acid groups (broad SMARTS) is 1. The molecule has 0 spiro atoms. The van der Waals surface area contributed by atoms with Crippen molar-refractivity contribution in [2.24, 2.45) is 11.8 Å². The highest BCUT2D eigenvalue weighted by molar-refractivity contribution is 5.98. The topological polar surface area (TPSA) is 90.2 Å². The minimum Gasteiger partial charge on any atom is -0.481 e. The Hall–Kier alpha value is -2.56. The van der Waals surface area contributed by atoms with Crippen molar-refractivity contribution in [1.29, 1.82) is 5.26 Å². The van der Waals surface area contributed by atoms with E-state index in [0.29, 0.717) is 6.07 Å². The number of anilines is 1. The number of nitriles is 1. The molecule has 0 aliphatic heterocycles. The SMILES string of the molecule is N#Cc1ccc(NC(=O)[C@@H]2C[C@@H]2C(=O)O)c(C(F)(F)F)c1. The predicted molar refractivity (Wildman–Crippen MR) is 64.0 cm³/mol. The summed E-state index contributed by atoms with van der Waals surface area (Å²) in [7, 11) is 0. The highest BCUT2D eigenvalue weighted by atomic mass is 19.4. The zero-order valence-electron chi connectivity index (χ0n) is 10.4. The fourth-order valence-electron chi connectivity index (χ4n) is 1.94. The third kappa shape index (κ3) is 3.13. The van der Waals surface area contributed by atoms with Crippen molar-refractivity contribution in [3.05, 3.63) is 29.3 Å². The number of carboxylic acids is 1. The molecule has 21 heavy (non-hydrogen) atoms. The number of nitrogens with one attached hydrogen (secondary N) is 1. The lowest BCUT2D eigenvalue weighted by molar-refractivity contribution is -0.140. The fraction of sp³-hybridized carbons (Fsp3) is 0.308. The molecule has 1 aromatic carbocycles. The number of hydrogen-bond donors (Lipinski definition) is 2. The smallest absolute Gasteiger partial charge is 0.418 e. The van der Waals surface area contributed by atoms with Gasteiger partial charge < -0.3 is 10.4 Å². The van der Waals surface area contributed by atoms with Gasteiger partial charge in [-0.3, -0.25) is 9.59 Å². The monoisotopic (exact) mass is 298 g/mol. The maximum Gasteiger partial charge on any atom is 0.418 e. The lowest BCUT2D eigenvalue weighted by atomic mass is 10.1. The molecule has 1 amide bonds. The molecule has 8 heteroatoms. The Kier molecular flexibility index (Phi) is 3.60. The van der Waals surface area contributed by atoms with Crippen LogP contribution in [0.5, 0.6) is 0 Å². The van der Waals surface area contributed by atoms with Gasteiger partial charge in [-0.25, -0.2) is 0 Å². The van der Waals surface area contributed by atoms with Gasteiger partial charge in [0.05, 0.1) is 34.7 Å². The lowest BCUT2D eigenvalue weighted by Gasteiger charge is -2.14. The van der Waals surface area contributed by atoms with Gasteiger partial charge in [-0.1, -0.05) is 0 Å². The molecular formula is C13H9F3N2O3. The Labute approximate surface area is 117 Å². The Morgan fingerprint density at radius 2 is 2.00 bits per heavy atom. The molecule has 2 atom stereocenters. The van der Waals surface area contributed by atoms with Crippen LogP contribution in [0.25, 0.3) is 0 Å². The van der Waals surface area contributed by atoms with Crippen LogP contribution in [0.1, 0.15) is 17.5 Å². The largest absolute Gasteiger partial charge is 0.481 e. The third-order valence-electron chi connectivity index (χ3n) is 3.16. The number of amides is 1. The summed E-state index contributed by atoms with van der Waals surface area (Å²) >= 11 is 0. The number of rotatable bonds is 3. The van der Waals surface area contributed by atoms with Gasteiger partial charge in [0, 0.05) is 0 Å². The average Bonchev–Trinajstić information content (AvgIpc) is 3.18. The first kappa shape index (κ1) is 14.8. The van der Waals surface area contributed by atoms with E-state index < -0.39 is 41.1 Å². The van der Waals surface area contributed by atoms with Crippen LogP contribution in [0, 0.1) is 23.2 Å². The van der Waals surface area contributed by atoms with E-state index in [0.717, 1.165) is 12.1 Å². The third-order valence-corrected chi connectivity index (χ3v) is 3.16.